The topological polar surface area (TPSA) is 12.0 Å². The monoisotopic (exact) mass is 267 g/mol. The van der Waals surface area contributed by atoms with E-state index in [1.807, 2.05) is 0 Å². The van der Waals surface area contributed by atoms with Gasteiger partial charge in [0.25, 0.3) is 0 Å². The van der Waals surface area contributed by atoms with Gasteiger partial charge in [-0.15, -0.1) is 0 Å². The minimum Gasteiger partial charge on any atom is -0.302 e. The summed E-state index contributed by atoms with van der Waals surface area (Å²) < 4.78 is 65.6. The molecule has 18 heavy (non-hydrogen) atoms. The van der Waals surface area contributed by atoms with E-state index in [2.05, 4.69) is 5.32 Å². The highest BCUT2D eigenvalue weighted by atomic mass is 19.4. The molecule has 1 unspecified atom stereocenters. The SMILES string of the molecule is CCCNC(c1c(F)ccc(C)c1F)C(F)(F)F. The molecule has 1 rings (SSSR count). The molecule has 1 aromatic carbocycles. The van der Waals surface area contributed by atoms with Crippen LogP contribution in [0.5, 0.6) is 0 Å². The van der Waals surface area contributed by atoms with Crippen LogP contribution in [0.2, 0.25) is 0 Å². The summed E-state index contributed by atoms with van der Waals surface area (Å²) in [5.41, 5.74) is -0.977. The Labute approximate surface area is 102 Å². The lowest BCUT2D eigenvalue weighted by Gasteiger charge is -2.23. The van der Waals surface area contributed by atoms with Crippen LogP contribution in [0.25, 0.3) is 0 Å². The van der Waals surface area contributed by atoms with Gasteiger partial charge in [-0.1, -0.05) is 13.0 Å². The number of halogens is 5. The second kappa shape index (κ2) is 5.65. The molecule has 0 heterocycles. The van der Waals surface area contributed by atoms with E-state index in [0.29, 0.717) is 6.42 Å². The molecule has 1 aromatic rings. The quantitative estimate of drug-likeness (QED) is 0.816. The van der Waals surface area contributed by atoms with E-state index in [1.165, 1.54) is 6.92 Å². The summed E-state index contributed by atoms with van der Waals surface area (Å²) in [5, 5.41) is 2.13. The van der Waals surface area contributed by atoms with E-state index < -0.39 is 29.4 Å². The second-order valence-corrected chi connectivity index (χ2v) is 4.02. The van der Waals surface area contributed by atoms with E-state index in [-0.39, 0.29) is 12.1 Å². The van der Waals surface area contributed by atoms with E-state index in [0.717, 1.165) is 12.1 Å². The van der Waals surface area contributed by atoms with Gasteiger partial charge in [0.2, 0.25) is 0 Å². The summed E-state index contributed by atoms with van der Waals surface area (Å²) in [4.78, 5) is 0. The molecule has 0 saturated heterocycles. The summed E-state index contributed by atoms with van der Waals surface area (Å²) in [6.07, 6.45) is -4.31. The van der Waals surface area contributed by atoms with Gasteiger partial charge < -0.3 is 5.32 Å². The fraction of sp³-hybridized carbons (Fsp3) is 0.500. The lowest BCUT2D eigenvalue weighted by atomic mass is 10.0. The van der Waals surface area contributed by atoms with Crippen LogP contribution in [0.4, 0.5) is 22.0 Å². The fourth-order valence-electron chi connectivity index (χ4n) is 1.61. The molecular weight excluding hydrogens is 253 g/mol. The molecule has 0 aliphatic heterocycles. The molecular formula is C12H14F5N. The second-order valence-electron chi connectivity index (χ2n) is 4.02. The average molecular weight is 267 g/mol. The van der Waals surface area contributed by atoms with E-state index in [4.69, 9.17) is 0 Å². The number of hydrogen-bond donors (Lipinski definition) is 1. The van der Waals surface area contributed by atoms with Crippen molar-refractivity contribution in [1.82, 2.24) is 5.32 Å². The minimum atomic E-state index is -4.75. The summed E-state index contributed by atoms with van der Waals surface area (Å²) in [6.45, 7) is 2.99. The smallest absolute Gasteiger partial charge is 0.302 e. The van der Waals surface area contributed by atoms with Crippen LogP contribution in [-0.4, -0.2) is 12.7 Å². The first kappa shape index (κ1) is 14.9. The van der Waals surface area contributed by atoms with Crippen LogP contribution in [0.3, 0.4) is 0 Å². The standard InChI is InChI=1S/C12H14F5N/c1-3-6-18-11(12(15,16)17)9-8(13)5-4-7(2)10(9)14/h4-5,11,18H,3,6H2,1-2H3. The molecule has 1 nitrogen and oxygen atoms in total. The lowest BCUT2D eigenvalue weighted by molar-refractivity contribution is -0.158. The van der Waals surface area contributed by atoms with Crippen molar-refractivity contribution in [3.05, 3.63) is 34.9 Å². The summed E-state index contributed by atoms with van der Waals surface area (Å²) in [5.74, 6) is -2.34. The van der Waals surface area contributed by atoms with Crippen molar-refractivity contribution < 1.29 is 22.0 Å². The van der Waals surface area contributed by atoms with Crippen molar-refractivity contribution in [2.45, 2.75) is 32.5 Å². The zero-order chi connectivity index (χ0) is 13.9. The van der Waals surface area contributed by atoms with Gasteiger partial charge in [0.05, 0.1) is 0 Å². The van der Waals surface area contributed by atoms with Crippen LogP contribution in [-0.2, 0) is 0 Å². The van der Waals surface area contributed by atoms with Crippen molar-refractivity contribution in [3.63, 3.8) is 0 Å². The first-order chi connectivity index (χ1) is 8.29. The molecule has 0 bridgehead atoms. The van der Waals surface area contributed by atoms with Gasteiger partial charge in [-0.25, -0.2) is 8.78 Å². The fourth-order valence-corrected chi connectivity index (χ4v) is 1.61. The van der Waals surface area contributed by atoms with Crippen molar-refractivity contribution in [3.8, 4) is 0 Å². The zero-order valence-electron chi connectivity index (χ0n) is 10.0. The Balaban J connectivity index is 3.25. The van der Waals surface area contributed by atoms with Crippen LogP contribution in [0, 0.1) is 18.6 Å². The Hall–Kier alpha value is -1.17. The minimum absolute atomic E-state index is 0.0149. The average Bonchev–Trinajstić information content (AvgIpc) is 2.27. The highest BCUT2D eigenvalue weighted by molar-refractivity contribution is 5.30. The van der Waals surface area contributed by atoms with Gasteiger partial charge in [0.1, 0.15) is 17.7 Å². The van der Waals surface area contributed by atoms with Crippen molar-refractivity contribution in [2.75, 3.05) is 6.54 Å². The molecule has 0 fully saturated rings. The number of alkyl halides is 3. The number of hydrogen-bond acceptors (Lipinski definition) is 1. The first-order valence-corrected chi connectivity index (χ1v) is 5.53. The van der Waals surface area contributed by atoms with Crippen LogP contribution in [0.15, 0.2) is 12.1 Å². The largest absolute Gasteiger partial charge is 0.408 e. The molecule has 6 heteroatoms. The number of aryl methyl sites for hydroxylation is 1. The Morgan fingerprint density at radius 1 is 1.22 bits per heavy atom. The van der Waals surface area contributed by atoms with Crippen molar-refractivity contribution in [1.29, 1.82) is 0 Å². The molecule has 1 N–H and O–H groups in total. The maximum atomic E-state index is 13.7. The Kier molecular flexibility index (Phi) is 4.67. The molecule has 1 atom stereocenters. The highest BCUT2D eigenvalue weighted by Crippen LogP contribution is 2.36. The van der Waals surface area contributed by atoms with Gasteiger partial charge >= 0.3 is 6.18 Å². The maximum Gasteiger partial charge on any atom is 0.408 e. The third-order valence-corrected chi connectivity index (χ3v) is 2.53. The maximum absolute atomic E-state index is 13.7. The Morgan fingerprint density at radius 3 is 2.33 bits per heavy atom. The highest BCUT2D eigenvalue weighted by Gasteiger charge is 2.43. The molecule has 0 aliphatic carbocycles. The van der Waals surface area contributed by atoms with E-state index >= 15 is 0 Å². The summed E-state index contributed by atoms with van der Waals surface area (Å²) >= 11 is 0. The van der Waals surface area contributed by atoms with Crippen molar-refractivity contribution in [2.24, 2.45) is 0 Å². The molecule has 0 amide bonds. The molecule has 0 spiro atoms. The number of nitrogens with one attached hydrogen (secondary N) is 1. The predicted molar refractivity (Wildman–Crippen MR) is 58.2 cm³/mol. The van der Waals surface area contributed by atoms with E-state index in [9.17, 15) is 22.0 Å². The lowest BCUT2D eigenvalue weighted by Crippen LogP contribution is -2.36. The normalized spacial score (nSPS) is 13.7. The van der Waals surface area contributed by atoms with Gasteiger partial charge in [0.15, 0.2) is 0 Å². The van der Waals surface area contributed by atoms with Crippen molar-refractivity contribution >= 4 is 0 Å². The Bertz CT molecular complexity index is 414. The molecule has 102 valence electrons. The Morgan fingerprint density at radius 2 is 1.83 bits per heavy atom. The number of rotatable bonds is 4. The van der Waals surface area contributed by atoms with Gasteiger partial charge in [0, 0.05) is 5.56 Å². The van der Waals surface area contributed by atoms with Crippen LogP contribution >= 0.6 is 0 Å². The molecule has 0 aromatic heterocycles. The van der Waals surface area contributed by atoms with Gasteiger partial charge in [-0.3, -0.25) is 0 Å². The summed E-state index contributed by atoms with van der Waals surface area (Å²) in [6, 6.07) is -0.362. The summed E-state index contributed by atoms with van der Waals surface area (Å²) in [7, 11) is 0. The predicted octanol–water partition coefficient (Wildman–Crippen LogP) is 3.88. The zero-order valence-corrected chi connectivity index (χ0v) is 10.0. The molecule has 0 radical (unpaired) electrons. The molecule has 0 saturated carbocycles. The third kappa shape index (κ3) is 3.19. The molecule has 0 aliphatic rings. The van der Waals surface area contributed by atoms with Crippen LogP contribution < -0.4 is 5.32 Å². The van der Waals surface area contributed by atoms with Crippen LogP contribution in [0.1, 0.15) is 30.5 Å². The number of benzene rings is 1. The van der Waals surface area contributed by atoms with E-state index in [1.54, 1.807) is 6.92 Å². The van der Waals surface area contributed by atoms with Gasteiger partial charge in [-0.2, -0.15) is 13.2 Å². The first-order valence-electron chi connectivity index (χ1n) is 5.53. The third-order valence-electron chi connectivity index (χ3n) is 2.53. The van der Waals surface area contributed by atoms with Gasteiger partial charge in [-0.05, 0) is 31.5 Å².